The Morgan fingerprint density at radius 3 is 2.86 bits per heavy atom. The maximum absolute atomic E-state index is 13.0. The number of hydrogen-bond acceptors (Lipinski definition) is 6. The predicted molar refractivity (Wildman–Crippen MR) is 113 cm³/mol. The third-order valence-corrected chi connectivity index (χ3v) is 5.39. The fourth-order valence-corrected chi connectivity index (χ4v) is 4.33. The summed E-state index contributed by atoms with van der Waals surface area (Å²) in [4.78, 5) is 18.9. The first-order valence-corrected chi connectivity index (χ1v) is 9.76. The number of nitrogens with zero attached hydrogens (tertiary/aromatic N) is 5. The van der Waals surface area contributed by atoms with E-state index >= 15 is 0 Å². The van der Waals surface area contributed by atoms with Gasteiger partial charge in [-0.15, -0.1) is 11.3 Å². The smallest absolute Gasteiger partial charge is 0.283 e. The van der Waals surface area contributed by atoms with Gasteiger partial charge in [-0.3, -0.25) is 9.48 Å². The van der Waals surface area contributed by atoms with Crippen LogP contribution in [0.15, 0.2) is 48.1 Å². The third kappa shape index (κ3) is 3.82. The van der Waals surface area contributed by atoms with Gasteiger partial charge < -0.3 is 9.30 Å². The van der Waals surface area contributed by atoms with Crippen molar-refractivity contribution in [3.8, 4) is 5.69 Å². The molecule has 0 saturated heterocycles. The van der Waals surface area contributed by atoms with Crippen LogP contribution in [0.2, 0.25) is 0 Å². The summed E-state index contributed by atoms with van der Waals surface area (Å²) in [7, 11) is 3.48. The summed E-state index contributed by atoms with van der Waals surface area (Å²) in [5.41, 5.74) is 6.07. The minimum atomic E-state index is -0.294. The zero-order chi connectivity index (χ0) is 20.4. The Kier molecular flexibility index (Phi) is 5.24. The van der Waals surface area contributed by atoms with Crippen molar-refractivity contribution >= 4 is 33.7 Å². The van der Waals surface area contributed by atoms with Crippen molar-refractivity contribution in [2.75, 3.05) is 7.11 Å². The van der Waals surface area contributed by atoms with Crippen LogP contribution in [0.1, 0.15) is 26.5 Å². The van der Waals surface area contributed by atoms with Gasteiger partial charge in [0.1, 0.15) is 9.71 Å². The van der Waals surface area contributed by atoms with Gasteiger partial charge in [-0.25, -0.2) is 10.4 Å². The van der Waals surface area contributed by atoms with E-state index in [1.54, 1.807) is 24.2 Å². The number of ether oxygens (including phenoxy) is 1. The summed E-state index contributed by atoms with van der Waals surface area (Å²) in [6.45, 7) is 2.37. The summed E-state index contributed by atoms with van der Waals surface area (Å²) < 4.78 is 8.98. The van der Waals surface area contributed by atoms with Gasteiger partial charge in [-0.1, -0.05) is 0 Å². The molecule has 0 radical (unpaired) electrons. The molecule has 148 valence electrons. The number of hydrazone groups is 1. The molecule has 4 heterocycles. The first-order valence-electron chi connectivity index (χ1n) is 8.94. The molecule has 1 N–H and O–H groups in total. The number of aromatic nitrogens is 4. The Labute approximate surface area is 171 Å². The molecule has 0 aliphatic carbocycles. The van der Waals surface area contributed by atoms with Crippen LogP contribution < -0.4 is 5.43 Å². The van der Waals surface area contributed by atoms with E-state index in [4.69, 9.17) is 4.74 Å². The maximum Gasteiger partial charge on any atom is 0.283 e. The summed E-state index contributed by atoms with van der Waals surface area (Å²) in [6.07, 6.45) is 8.86. The molecule has 0 fully saturated rings. The number of aryl methyl sites for hydroxylation is 2. The van der Waals surface area contributed by atoms with Crippen molar-refractivity contribution in [3.05, 3.63) is 64.7 Å². The summed E-state index contributed by atoms with van der Waals surface area (Å²) in [5.74, 6) is -0.294. The lowest BCUT2D eigenvalue weighted by molar-refractivity contribution is 0.0959. The SMILES string of the molecule is COCc1cc(C)nc2sc(C(=O)N/N=C/c3cnn(C)c3)c(-n3cccc3)c12. The molecular formula is C20H20N6O2S. The Morgan fingerprint density at radius 1 is 1.38 bits per heavy atom. The van der Waals surface area contributed by atoms with Gasteiger partial charge in [-0.2, -0.15) is 10.2 Å². The standard InChI is InChI=1S/C20H20N6O2S/c1-13-8-15(12-28-3)16-17(26-6-4-5-7-26)18(29-20(16)23-13)19(27)24-21-9-14-10-22-25(2)11-14/h4-11H,12H2,1-3H3,(H,24,27)/b21-9+. The minimum Gasteiger partial charge on any atom is -0.380 e. The van der Waals surface area contributed by atoms with Crippen molar-refractivity contribution in [1.29, 1.82) is 0 Å². The highest BCUT2D eigenvalue weighted by atomic mass is 32.1. The predicted octanol–water partition coefficient (Wildman–Crippen LogP) is 3.04. The molecule has 4 aromatic rings. The number of pyridine rings is 1. The van der Waals surface area contributed by atoms with E-state index < -0.39 is 0 Å². The number of amides is 1. The van der Waals surface area contributed by atoms with Crippen molar-refractivity contribution in [2.45, 2.75) is 13.5 Å². The maximum atomic E-state index is 13.0. The number of hydrogen-bond donors (Lipinski definition) is 1. The van der Waals surface area contributed by atoms with Crippen LogP contribution in [0.25, 0.3) is 15.9 Å². The number of fused-ring (bicyclic) bond motifs is 1. The monoisotopic (exact) mass is 408 g/mol. The zero-order valence-corrected chi connectivity index (χ0v) is 17.1. The molecular weight excluding hydrogens is 388 g/mol. The van der Waals surface area contributed by atoms with E-state index in [1.807, 2.05) is 55.3 Å². The van der Waals surface area contributed by atoms with Crippen LogP contribution in [-0.2, 0) is 18.4 Å². The molecule has 9 heteroatoms. The van der Waals surface area contributed by atoms with Gasteiger partial charge >= 0.3 is 0 Å². The van der Waals surface area contributed by atoms with Gasteiger partial charge in [-0.05, 0) is 30.7 Å². The molecule has 8 nitrogen and oxygen atoms in total. The molecule has 0 saturated carbocycles. The molecule has 0 bridgehead atoms. The van der Waals surface area contributed by atoms with E-state index in [-0.39, 0.29) is 5.91 Å². The van der Waals surface area contributed by atoms with Crippen LogP contribution in [-0.4, -0.2) is 38.6 Å². The van der Waals surface area contributed by atoms with E-state index in [0.717, 1.165) is 32.7 Å². The summed E-state index contributed by atoms with van der Waals surface area (Å²) in [5, 5.41) is 9.07. The van der Waals surface area contributed by atoms with Crippen molar-refractivity contribution < 1.29 is 9.53 Å². The van der Waals surface area contributed by atoms with E-state index in [9.17, 15) is 4.79 Å². The molecule has 1 amide bonds. The molecule has 4 aromatic heterocycles. The number of rotatable bonds is 6. The summed E-state index contributed by atoms with van der Waals surface area (Å²) >= 11 is 1.34. The lowest BCUT2D eigenvalue weighted by Gasteiger charge is -2.09. The lowest BCUT2D eigenvalue weighted by atomic mass is 10.1. The van der Waals surface area contributed by atoms with Gasteiger partial charge in [0.05, 0.1) is 24.7 Å². The van der Waals surface area contributed by atoms with E-state index in [0.29, 0.717) is 11.5 Å². The molecule has 0 aromatic carbocycles. The normalized spacial score (nSPS) is 11.6. The third-order valence-electron chi connectivity index (χ3n) is 4.32. The second kappa shape index (κ2) is 7.98. The van der Waals surface area contributed by atoms with Gasteiger partial charge in [0.25, 0.3) is 5.91 Å². The van der Waals surface area contributed by atoms with Crippen molar-refractivity contribution in [2.24, 2.45) is 12.1 Å². The topological polar surface area (TPSA) is 86.3 Å². The number of carbonyl (C=O) groups is 1. The van der Waals surface area contributed by atoms with E-state index in [1.165, 1.54) is 11.3 Å². The van der Waals surface area contributed by atoms with Gasteiger partial charge in [0.2, 0.25) is 0 Å². The summed E-state index contributed by atoms with van der Waals surface area (Å²) in [6, 6.07) is 5.83. The molecule has 0 unspecified atom stereocenters. The van der Waals surface area contributed by atoms with Crippen LogP contribution in [0.5, 0.6) is 0 Å². The van der Waals surface area contributed by atoms with Crippen LogP contribution in [0.4, 0.5) is 0 Å². The second-order valence-electron chi connectivity index (χ2n) is 6.55. The highest BCUT2D eigenvalue weighted by molar-refractivity contribution is 7.21. The van der Waals surface area contributed by atoms with Crippen molar-refractivity contribution in [1.82, 2.24) is 24.8 Å². The van der Waals surface area contributed by atoms with Crippen molar-refractivity contribution in [3.63, 3.8) is 0 Å². The second-order valence-corrected chi connectivity index (χ2v) is 7.55. The molecule has 4 rings (SSSR count). The van der Waals surface area contributed by atoms with Crippen LogP contribution in [0.3, 0.4) is 0 Å². The largest absolute Gasteiger partial charge is 0.380 e. The van der Waals surface area contributed by atoms with Gasteiger partial charge in [0, 0.05) is 49.4 Å². The fraction of sp³-hybridized carbons (Fsp3) is 0.200. The number of thiophene rings is 1. The highest BCUT2D eigenvalue weighted by Crippen LogP contribution is 2.36. The average molecular weight is 408 g/mol. The first kappa shape index (κ1) is 19.0. The molecule has 0 aliphatic rings. The lowest BCUT2D eigenvalue weighted by Crippen LogP contribution is -2.18. The Balaban J connectivity index is 1.77. The molecule has 0 aliphatic heterocycles. The molecule has 29 heavy (non-hydrogen) atoms. The van der Waals surface area contributed by atoms with Gasteiger partial charge in [0.15, 0.2) is 0 Å². The van der Waals surface area contributed by atoms with E-state index in [2.05, 4.69) is 20.6 Å². The first-order chi connectivity index (χ1) is 14.1. The number of nitrogens with one attached hydrogen (secondary N) is 1. The van der Waals surface area contributed by atoms with Crippen LogP contribution >= 0.6 is 11.3 Å². The number of methoxy groups -OCH3 is 1. The highest BCUT2D eigenvalue weighted by Gasteiger charge is 2.23. The zero-order valence-electron chi connectivity index (χ0n) is 16.3. The Bertz CT molecular complexity index is 1190. The van der Waals surface area contributed by atoms with Crippen LogP contribution in [0, 0.1) is 6.92 Å². The molecule has 0 spiro atoms. The average Bonchev–Trinajstić information content (AvgIpc) is 3.41. The number of carbonyl (C=O) groups excluding carboxylic acids is 1. The Hall–Kier alpha value is -3.30. The molecule has 0 atom stereocenters. The fourth-order valence-electron chi connectivity index (χ4n) is 3.17. The quantitative estimate of drug-likeness (QED) is 0.392. The minimum absolute atomic E-state index is 0.294. The Morgan fingerprint density at radius 2 is 2.17 bits per heavy atom.